The van der Waals surface area contributed by atoms with Gasteiger partial charge in [-0.2, -0.15) is 0 Å². The largest absolute Gasteiger partial charge is 0.496 e. The molecular weight excluding hydrogens is 350 g/mol. The molecule has 4 aromatic rings. The Morgan fingerprint density at radius 2 is 1.96 bits per heavy atom. The van der Waals surface area contributed by atoms with Gasteiger partial charge in [0.25, 0.3) is 5.56 Å². The van der Waals surface area contributed by atoms with Crippen molar-refractivity contribution in [3.05, 3.63) is 70.1 Å². The maximum absolute atomic E-state index is 12.6. The van der Waals surface area contributed by atoms with Crippen molar-refractivity contribution < 1.29 is 4.74 Å². The number of benzene rings is 2. The Labute approximate surface area is 163 Å². The Kier molecular flexibility index (Phi) is 4.61. The van der Waals surface area contributed by atoms with Crippen molar-refractivity contribution in [2.45, 2.75) is 19.8 Å². The standard InChI is InChI=1S/C23H23N3O2/c1-13-11-18(28-3)19(16-8-6-15(7-9-16)14(2)12-24)20-21(13)26-23(27)17-5-4-10-25-22(17)20/h4-11,14H,12,24H2,1-3H3,(H,26,27). The fourth-order valence-electron chi connectivity index (χ4n) is 3.71. The van der Waals surface area contributed by atoms with Crippen molar-refractivity contribution >= 4 is 21.8 Å². The van der Waals surface area contributed by atoms with Crippen LogP contribution >= 0.6 is 0 Å². The average Bonchev–Trinajstić information content (AvgIpc) is 2.74. The van der Waals surface area contributed by atoms with Gasteiger partial charge < -0.3 is 15.5 Å². The van der Waals surface area contributed by atoms with Gasteiger partial charge in [0.2, 0.25) is 0 Å². The number of nitrogens with zero attached hydrogens (tertiary/aromatic N) is 1. The summed E-state index contributed by atoms with van der Waals surface area (Å²) in [5.74, 6) is 1.05. The highest BCUT2D eigenvalue weighted by molar-refractivity contribution is 6.13. The van der Waals surface area contributed by atoms with E-state index in [1.165, 1.54) is 5.56 Å². The predicted molar refractivity (Wildman–Crippen MR) is 114 cm³/mol. The van der Waals surface area contributed by atoms with E-state index in [1.807, 2.05) is 13.0 Å². The molecule has 0 fully saturated rings. The van der Waals surface area contributed by atoms with E-state index < -0.39 is 0 Å². The Morgan fingerprint density at radius 1 is 1.21 bits per heavy atom. The lowest BCUT2D eigenvalue weighted by molar-refractivity contribution is 0.416. The third-order valence-corrected chi connectivity index (χ3v) is 5.36. The molecule has 2 aromatic heterocycles. The van der Waals surface area contributed by atoms with Crippen LogP contribution in [0, 0.1) is 6.92 Å². The maximum Gasteiger partial charge on any atom is 0.257 e. The molecular formula is C23H23N3O2. The lowest BCUT2D eigenvalue weighted by Crippen LogP contribution is -2.09. The first-order chi connectivity index (χ1) is 13.5. The van der Waals surface area contributed by atoms with Crippen LogP contribution in [0.5, 0.6) is 5.75 Å². The Bertz CT molecular complexity index is 1230. The topological polar surface area (TPSA) is 81.0 Å². The predicted octanol–water partition coefficient (Wildman–Crippen LogP) is 4.12. The molecule has 1 atom stereocenters. The fraction of sp³-hybridized carbons (Fsp3) is 0.217. The van der Waals surface area contributed by atoms with E-state index >= 15 is 0 Å². The minimum Gasteiger partial charge on any atom is -0.496 e. The molecule has 1 unspecified atom stereocenters. The number of nitrogens with one attached hydrogen (secondary N) is 1. The number of nitrogens with two attached hydrogens (primary N) is 1. The van der Waals surface area contributed by atoms with E-state index in [0.29, 0.717) is 23.4 Å². The van der Waals surface area contributed by atoms with Crippen LogP contribution in [0.15, 0.2) is 53.5 Å². The number of hydrogen-bond donors (Lipinski definition) is 2. The number of aryl methyl sites for hydroxylation is 1. The highest BCUT2D eigenvalue weighted by Crippen LogP contribution is 2.40. The van der Waals surface area contributed by atoms with Crippen LogP contribution in [0.2, 0.25) is 0 Å². The van der Waals surface area contributed by atoms with Gasteiger partial charge in [0.05, 0.1) is 23.5 Å². The van der Waals surface area contributed by atoms with Crippen molar-refractivity contribution in [1.29, 1.82) is 0 Å². The van der Waals surface area contributed by atoms with E-state index in [9.17, 15) is 4.79 Å². The van der Waals surface area contributed by atoms with Crippen LogP contribution < -0.4 is 16.0 Å². The number of hydrogen-bond acceptors (Lipinski definition) is 4. The number of H-pyrrole nitrogens is 1. The zero-order chi connectivity index (χ0) is 19.8. The smallest absolute Gasteiger partial charge is 0.257 e. The Hall–Kier alpha value is -3.18. The summed E-state index contributed by atoms with van der Waals surface area (Å²) in [5, 5.41) is 1.46. The number of aromatic nitrogens is 2. The Balaban J connectivity index is 2.11. The molecule has 0 spiro atoms. The van der Waals surface area contributed by atoms with Gasteiger partial charge in [-0.3, -0.25) is 9.78 Å². The molecule has 0 bridgehead atoms. The number of aromatic amines is 1. The lowest BCUT2D eigenvalue weighted by atomic mass is 9.93. The molecule has 142 valence electrons. The molecule has 0 aliphatic heterocycles. The summed E-state index contributed by atoms with van der Waals surface area (Å²) < 4.78 is 5.73. The first-order valence-electron chi connectivity index (χ1n) is 9.33. The average molecular weight is 373 g/mol. The van der Waals surface area contributed by atoms with E-state index in [4.69, 9.17) is 10.5 Å². The summed E-state index contributed by atoms with van der Waals surface area (Å²) in [6.07, 6.45) is 1.71. The summed E-state index contributed by atoms with van der Waals surface area (Å²) in [7, 11) is 1.66. The van der Waals surface area contributed by atoms with Gasteiger partial charge in [-0.15, -0.1) is 0 Å². The SMILES string of the molecule is COc1cc(C)c2[nH]c(=O)c3cccnc3c2c1-c1ccc(C(C)CN)cc1. The van der Waals surface area contributed by atoms with E-state index in [1.54, 1.807) is 25.4 Å². The van der Waals surface area contributed by atoms with Crippen LogP contribution in [0.1, 0.15) is 24.0 Å². The molecule has 5 heteroatoms. The van der Waals surface area contributed by atoms with Gasteiger partial charge in [0.15, 0.2) is 0 Å². The fourth-order valence-corrected chi connectivity index (χ4v) is 3.71. The normalized spacial score (nSPS) is 12.4. The highest BCUT2D eigenvalue weighted by Gasteiger charge is 2.18. The third-order valence-electron chi connectivity index (χ3n) is 5.36. The van der Waals surface area contributed by atoms with Gasteiger partial charge in [0.1, 0.15) is 5.75 Å². The first-order valence-corrected chi connectivity index (χ1v) is 9.33. The molecule has 0 aliphatic carbocycles. The van der Waals surface area contributed by atoms with E-state index in [-0.39, 0.29) is 5.56 Å². The number of ether oxygens (including phenoxy) is 1. The first kappa shape index (κ1) is 18.2. The number of fused-ring (bicyclic) bond motifs is 3. The molecule has 5 nitrogen and oxygen atoms in total. The van der Waals surface area contributed by atoms with Crippen LogP contribution in [0.25, 0.3) is 32.9 Å². The van der Waals surface area contributed by atoms with Crippen LogP contribution in [-0.2, 0) is 0 Å². The molecule has 0 radical (unpaired) electrons. The van der Waals surface area contributed by atoms with E-state index in [0.717, 1.165) is 33.3 Å². The maximum atomic E-state index is 12.6. The third kappa shape index (κ3) is 2.84. The van der Waals surface area contributed by atoms with E-state index in [2.05, 4.69) is 41.2 Å². The van der Waals surface area contributed by atoms with Crippen molar-refractivity contribution in [2.75, 3.05) is 13.7 Å². The van der Waals surface area contributed by atoms with Crippen LogP contribution in [0.3, 0.4) is 0 Å². The Morgan fingerprint density at radius 3 is 2.64 bits per heavy atom. The van der Waals surface area contributed by atoms with Crippen molar-refractivity contribution in [3.63, 3.8) is 0 Å². The van der Waals surface area contributed by atoms with Gasteiger partial charge in [-0.25, -0.2) is 0 Å². The lowest BCUT2D eigenvalue weighted by Gasteiger charge is -2.17. The molecule has 0 saturated carbocycles. The van der Waals surface area contributed by atoms with Gasteiger partial charge in [-0.1, -0.05) is 31.2 Å². The van der Waals surface area contributed by atoms with Crippen LogP contribution in [-0.4, -0.2) is 23.6 Å². The summed E-state index contributed by atoms with van der Waals surface area (Å²) in [4.78, 5) is 20.1. The second-order valence-electron chi connectivity index (χ2n) is 7.13. The van der Waals surface area contributed by atoms with Crippen molar-refractivity contribution in [1.82, 2.24) is 9.97 Å². The monoisotopic (exact) mass is 373 g/mol. The van der Waals surface area contributed by atoms with Gasteiger partial charge in [0, 0.05) is 17.1 Å². The summed E-state index contributed by atoms with van der Waals surface area (Å²) in [6.45, 7) is 4.68. The zero-order valence-electron chi connectivity index (χ0n) is 16.2. The number of rotatable bonds is 4. The molecule has 3 N–H and O–H groups in total. The zero-order valence-corrected chi connectivity index (χ0v) is 16.2. The number of pyridine rings is 2. The van der Waals surface area contributed by atoms with Crippen molar-refractivity contribution in [3.8, 4) is 16.9 Å². The summed E-state index contributed by atoms with van der Waals surface area (Å²) in [5.41, 5.74) is 11.2. The molecule has 2 aromatic carbocycles. The van der Waals surface area contributed by atoms with Crippen molar-refractivity contribution in [2.24, 2.45) is 5.73 Å². The van der Waals surface area contributed by atoms with Gasteiger partial charge in [-0.05, 0) is 54.3 Å². The minimum atomic E-state index is -0.137. The molecule has 0 amide bonds. The number of methoxy groups -OCH3 is 1. The summed E-state index contributed by atoms with van der Waals surface area (Å²) in [6, 6.07) is 13.9. The highest BCUT2D eigenvalue weighted by atomic mass is 16.5. The second kappa shape index (κ2) is 7.09. The van der Waals surface area contributed by atoms with Gasteiger partial charge >= 0.3 is 0 Å². The quantitative estimate of drug-likeness (QED) is 0.527. The molecule has 28 heavy (non-hydrogen) atoms. The molecule has 2 heterocycles. The molecule has 0 aliphatic rings. The minimum absolute atomic E-state index is 0.137. The van der Waals surface area contributed by atoms with Crippen LogP contribution in [0.4, 0.5) is 0 Å². The molecule has 4 rings (SSSR count). The molecule has 0 saturated heterocycles. The second-order valence-corrected chi connectivity index (χ2v) is 7.13. The summed E-state index contributed by atoms with van der Waals surface area (Å²) >= 11 is 0.